The molecule has 1 rings (SSSR count). The molecule has 1 aromatic carbocycles. The van der Waals surface area contributed by atoms with E-state index in [0.29, 0.717) is 0 Å². The Morgan fingerprint density at radius 1 is 1.47 bits per heavy atom. The predicted octanol–water partition coefficient (Wildman–Crippen LogP) is 1.31. The first-order valence-corrected chi connectivity index (χ1v) is 6.40. The summed E-state index contributed by atoms with van der Waals surface area (Å²) in [5, 5.41) is 8.75. The van der Waals surface area contributed by atoms with Gasteiger partial charge in [-0.3, -0.25) is 4.31 Å². The summed E-state index contributed by atoms with van der Waals surface area (Å²) in [5.74, 6) is -2.22. The first kappa shape index (κ1) is 13.4. The molecule has 0 aliphatic carbocycles. The summed E-state index contributed by atoms with van der Waals surface area (Å²) in [6.07, 6.45) is 0. The maximum Gasteiger partial charge on any atom is 0.335 e. The number of anilines is 1. The summed E-state index contributed by atoms with van der Waals surface area (Å²) in [7, 11) is -2.43. The number of carboxylic acid groups (broad SMARTS) is 1. The summed E-state index contributed by atoms with van der Waals surface area (Å²) in [6.45, 7) is 1.42. The van der Waals surface area contributed by atoms with E-state index in [1.54, 1.807) is 0 Å². The molecule has 0 saturated carbocycles. The van der Waals surface area contributed by atoms with Crippen LogP contribution in [0.15, 0.2) is 18.2 Å². The molecular formula is C10H12FNO4S. The number of sulfonamides is 1. The van der Waals surface area contributed by atoms with Crippen LogP contribution in [0.1, 0.15) is 17.3 Å². The van der Waals surface area contributed by atoms with Gasteiger partial charge in [-0.25, -0.2) is 17.6 Å². The molecule has 0 spiro atoms. The van der Waals surface area contributed by atoms with E-state index in [9.17, 15) is 17.6 Å². The monoisotopic (exact) mass is 261 g/mol. The van der Waals surface area contributed by atoms with Crippen molar-refractivity contribution in [2.45, 2.75) is 6.92 Å². The standard InChI is InChI=1S/C10H12FNO4S/c1-3-17(15,16)12(2)9-6-7(10(13)14)4-5-8(9)11/h4-6H,3H2,1-2H3,(H,13,14). The Bertz CT molecular complexity index is 541. The predicted molar refractivity (Wildman–Crippen MR) is 61.2 cm³/mol. The van der Waals surface area contributed by atoms with Gasteiger partial charge in [0.05, 0.1) is 17.0 Å². The Morgan fingerprint density at radius 2 is 2.06 bits per heavy atom. The lowest BCUT2D eigenvalue weighted by molar-refractivity contribution is 0.0697. The highest BCUT2D eigenvalue weighted by Crippen LogP contribution is 2.22. The number of hydrogen-bond donors (Lipinski definition) is 1. The number of benzene rings is 1. The topological polar surface area (TPSA) is 74.7 Å². The van der Waals surface area contributed by atoms with Crippen molar-refractivity contribution < 1.29 is 22.7 Å². The number of carboxylic acids is 1. The summed E-state index contributed by atoms with van der Waals surface area (Å²) in [6, 6.07) is 3.00. The second-order valence-corrected chi connectivity index (χ2v) is 5.63. The third-order valence-electron chi connectivity index (χ3n) is 2.31. The van der Waals surface area contributed by atoms with E-state index in [4.69, 9.17) is 5.11 Å². The summed E-state index contributed by atoms with van der Waals surface area (Å²) in [5.41, 5.74) is -0.439. The first-order chi connectivity index (χ1) is 7.79. The van der Waals surface area contributed by atoms with E-state index >= 15 is 0 Å². The van der Waals surface area contributed by atoms with Crippen molar-refractivity contribution in [1.82, 2.24) is 0 Å². The zero-order chi connectivity index (χ0) is 13.2. The van der Waals surface area contributed by atoms with E-state index in [0.717, 1.165) is 22.5 Å². The number of hydrogen-bond acceptors (Lipinski definition) is 3. The molecule has 17 heavy (non-hydrogen) atoms. The van der Waals surface area contributed by atoms with Crippen molar-refractivity contribution in [2.75, 3.05) is 17.1 Å². The lowest BCUT2D eigenvalue weighted by atomic mass is 10.2. The van der Waals surface area contributed by atoms with Gasteiger partial charge >= 0.3 is 5.97 Å². The molecule has 0 atom stereocenters. The number of halogens is 1. The Morgan fingerprint density at radius 3 is 2.53 bits per heavy atom. The van der Waals surface area contributed by atoms with E-state index in [1.165, 1.54) is 14.0 Å². The first-order valence-electron chi connectivity index (χ1n) is 4.79. The third-order valence-corrected chi connectivity index (χ3v) is 4.08. The van der Waals surface area contributed by atoms with Crippen molar-refractivity contribution in [3.8, 4) is 0 Å². The van der Waals surface area contributed by atoms with Gasteiger partial charge < -0.3 is 5.11 Å². The molecule has 7 heteroatoms. The molecule has 1 aromatic rings. The normalized spacial score (nSPS) is 11.2. The summed E-state index contributed by atoms with van der Waals surface area (Å²) < 4.78 is 37.3. The van der Waals surface area contributed by atoms with E-state index < -0.39 is 21.8 Å². The Balaban J connectivity index is 3.31. The quantitative estimate of drug-likeness (QED) is 0.886. The van der Waals surface area contributed by atoms with Gasteiger partial charge in [-0.05, 0) is 25.1 Å². The maximum atomic E-state index is 13.5. The number of aromatic carboxylic acids is 1. The van der Waals surface area contributed by atoms with Crippen LogP contribution in [0.4, 0.5) is 10.1 Å². The number of carbonyl (C=O) groups is 1. The van der Waals surface area contributed by atoms with Crippen molar-refractivity contribution in [3.05, 3.63) is 29.6 Å². The molecular weight excluding hydrogens is 249 g/mol. The smallest absolute Gasteiger partial charge is 0.335 e. The molecule has 0 aromatic heterocycles. The Labute approximate surface area is 98.5 Å². The molecule has 94 valence electrons. The number of nitrogens with zero attached hydrogens (tertiary/aromatic N) is 1. The molecule has 0 aliphatic heterocycles. The molecule has 0 fully saturated rings. The fraction of sp³-hybridized carbons (Fsp3) is 0.300. The van der Waals surface area contributed by atoms with Gasteiger partial charge in [0, 0.05) is 7.05 Å². The van der Waals surface area contributed by atoms with E-state index in [-0.39, 0.29) is 17.0 Å². The van der Waals surface area contributed by atoms with E-state index in [2.05, 4.69) is 0 Å². The molecule has 5 nitrogen and oxygen atoms in total. The molecule has 0 radical (unpaired) electrons. The highest BCUT2D eigenvalue weighted by atomic mass is 32.2. The van der Waals surface area contributed by atoms with Crippen LogP contribution in [-0.2, 0) is 10.0 Å². The van der Waals surface area contributed by atoms with E-state index in [1.807, 2.05) is 0 Å². The van der Waals surface area contributed by atoms with Crippen molar-refractivity contribution in [2.24, 2.45) is 0 Å². The molecule has 0 amide bonds. The van der Waals surface area contributed by atoms with Crippen LogP contribution in [0.3, 0.4) is 0 Å². The zero-order valence-electron chi connectivity index (χ0n) is 9.34. The minimum Gasteiger partial charge on any atom is -0.478 e. The van der Waals surface area contributed by atoms with Gasteiger partial charge in [-0.1, -0.05) is 0 Å². The molecule has 0 saturated heterocycles. The minimum atomic E-state index is -3.62. The second kappa shape index (κ2) is 4.70. The van der Waals surface area contributed by atoms with Gasteiger partial charge in [0.1, 0.15) is 5.82 Å². The molecule has 0 aliphatic rings. The summed E-state index contributed by atoms with van der Waals surface area (Å²) >= 11 is 0. The van der Waals surface area contributed by atoms with Crippen LogP contribution in [0.25, 0.3) is 0 Å². The van der Waals surface area contributed by atoms with Gasteiger partial charge in [0.25, 0.3) is 0 Å². The van der Waals surface area contributed by atoms with Crippen molar-refractivity contribution in [3.63, 3.8) is 0 Å². The second-order valence-electron chi connectivity index (χ2n) is 3.34. The van der Waals surface area contributed by atoms with Gasteiger partial charge in [0.15, 0.2) is 0 Å². The van der Waals surface area contributed by atoms with Gasteiger partial charge in [-0.2, -0.15) is 0 Å². The van der Waals surface area contributed by atoms with Crippen LogP contribution in [0, 0.1) is 5.82 Å². The van der Waals surface area contributed by atoms with Crippen LogP contribution in [0.5, 0.6) is 0 Å². The number of rotatable bonds is 4. The largest absolute Gasteiger partial charge is 0.478 e. The lowest BCUT2D eigenvalue weighted by Crippen LogP contribution is -2.29. The highest BCUT2D eigenvalue weighted by Gasteiger charge is 2.20. The fourth-order valence-electron chi connectivity index (χ4n) is 1.23. The van der Waals surface area contributed by atoms with Crippen LogP contribution in [-0.4, -0.2) is 32.3 Å². The summed E-state index contributed by atoms with van der Waals surface area (Å²) in [4.78, 5) is 10.7. The SMILES string of the molecule is CCS(=O)(=O)N(C)c1cc(C(=O)O)ccc1F. The van der Waals surface area contributed by atoms with Gasteiger partial charge in [-0.15, -0.1) is 0 Å². The average molecular weight is 261 g/mol. The maximum absolute atomic E-state index is 13.5. The fourth-order valence-corrected chi connectivity index (χ4v) is 2.06. The Kier molecular flexibility index (Phi) is 3.72. The third kappa shape index (κ3) is 2.73. The van der Waals surface area contributed by atoms with Crippen LogP contribution in [0.2, 0.25) is 0 Å². The highest BCUT2D eigenvalue weighted by molar-refractivity contribution is 7.92. The Hall–Kier alpha value is -1.63. The average Bonchev–Trinajstić information content (AvgIpc) is 2.28. The molecule has 1 N–H and O–H groups in total. The molecule has 0 heterocycles. The van der Waals surface area contributed by atoms with Crippen LogP contribution >= 0.6 is 0 Å². The van der Waals surface area contributed by atoms with Crippen molar-refractivity contribution in [1.29, 1.82) is 0 Å². The van der Waals surface area contributed by atoms with Gasteiger partial charge in [0.2, 0.25) is 10.0 Å². The zero-order valence-corrected chi connectivity index (χ0v) is 10.2. The van der Waals surface area contributed by atoms with Crippen LogP contribution < -0.4 is 4.31 Å². The minimum absolute atomic E-state index is 0.167. The lowest BCUT2D eigenvalue weighted by Gasteiger charge is -2.19. The molecule has 0 bridgehead atoms. The van der Waals surface area contributed by atoms with Crippen molar-refractivity contribution >= 4 is 21.7 Å². The molecule has 0 unspecified atom stereocenters.